The first-order chi connectivity index (χ1) is 6.29. The van der Waals surface area contributed by atoms with Gasteiger partial charge in [0.1, 0.15) is 12.0 Å². The molecule has 1 N–H and O–H groups in total. The van der Waals surface area contributed by atoms with E-state index in [2.05, 4.69) is 5.32 Å². The Morgan fingerprint density at radius 3 is 2.85 bits per heavy atom. The summed E-state index contributed by atoms with van der Waals surface area (Å²) in [4.78, 5) is 31.5. The number of hydrogen-bond donors (Lipinski definition) is 1. The molecule has 0 atom stereocenters. The van der Waals surface area contributed by atoms with Gasteiger partial charge in [-0.1, -0.05) is 0 Å². The van der Waals surface area contributed by atoms with E-state index in [1.807, 2.05) is 0 Å². The summed E-state index contributed by atoms with van der Waals surface area (Å²) in [6.07, 6.45) is 2.51. The van der Waals surface area contributed by atoms with Gasteiger partial charge in [-0.05, 0) is 12.1 Å². The van der Waals surface area contributed by atoms with Gasteiger partial charge in [0.2, 0.25) is 6.41 Å². The van der Waals surface area contributed by atoms with E-state index in [1.54, 1.807) is 6.07 Å². The predicted molar refractivity (Wildman–Crippen MR) is 46.5 cm³/mol. The summed E-state index contributed by atoms with van der Waals surface area (Å²) in [6.45, 7) is -0.00674. The highest BCUT2D eigenvalue weighted by atomic mass is 16.1. The first-order valence-corrected chi connectivity index (χ1v) is 3.63. The van der Waals surface area contributed by atoms with Crippen molar-refractivity contribution in [3.63, 3.8) is 0 Å². The number of aromatic nitrogens is 1. The van der Waals surface area contributed by atoms with Gasteiger partial charge in [-0.2, -0.15) is 0 Å². The van der Waals surface area contributed by atoms with Crippen LogP contribution in [-0.2, 0) is 16.1 Å². The van der Waals surface area contributed by atoms with Crippen molar-refractivity contribution in [1.29, 1.82) is 0 Å². The summed E-state index contributed by atoms with van der Waals surface area (Å²) >= 11 is 0. The van der Waals surface area contributed by atoms with Gasteiger partial charge < -0.3 is 14.7 Å². The van der Waals surface area contributed by atoms with Crippen LogP contribution in [0.25, 0.3) is 0 Å². The van der Waals surface area contributed by atoms with Crippen LogP contribution in [-0.4, -0.2) is 17.3 Å². The number of carbonyl (C=O) groups is 2. The molecule has 0 fully saturated rings. The van der Waals surface area contributed by atoms with Crippen LogP contribution in [0.5, 0.6) is 0 Å². The normalized spacial score (nSPS) is 9.23. The van der Waals surface area contributed by atoms with Crippen LogP contribution in [0.3, 0.4) is 0 Å². The van der Waals surface area contributed by atoms with E-state index in [4.69, 9.17) is 0 Å². The molecule has 0 saturated heterocycles. The third-order valence-corrected chi connectivity index (χ3v) is 1.51. The van der Waals surface area contributed by atoms with Crippen molar-refractivity contribution < 1.29 is 9.59 Å². The summed E-state index contributed by atoms with van der Waals surface area (Å²) in [5.74, 6) is 0. The van der Waals surface area contributed by atoms with E-state index >= 15 is 0 Å². The minimum Gasteiger partial charge on any atom is -0.324 e. The molecule has 13 heavy (non-hydrogen) atoms. The number of nitrogens with zero attached hydrogens (tertiary/aromatic N) is 1. The topological polar surface area (TPSA) is 68.2 Å². The second-order valence-electron chi connectivity index (χ2n) is 2.31. The number of rotatable bonds is 4. The number of pyridine rings is 1. The van der Waals surface area contributed by atoms with Crippen LogP contribution < -0.4 is 10.9 Å². The van der Waals surface area contributed by atoms with Gasteiger partial charge in [-0.25, -0.2) is 0 Å². The fourth-order valence-electron chi connectivity index (χ4n) is 0.934. The smallest absolute Gasteiger partial charge is 0.274 e. The maximum Gasteiger partial charge on any atom is 0.274 e. The fourth-order valence-corrected chi connectivity index (χ4v) is 0.934. The molecule has 0 spiro atoms. The Kier molecular flexibility index (Phi) is 2.97. The van der Waals surface area contributed by atoms with E-state index < -0.39 is 0 Å². The SMILES string of the molecule is O=CCn1cccc(NC=O)c1=O. The highest BCUT2D eigenvalue weighted by Crippen LogP contribution is 1.95. The molecule has 1 rings (SSSR count). The molecular formula is C8H8N2O3. The zero-order valence-electron chi connectivity index (χ0n) is 6.77. The maximum atomic E-state index is 11.3. The third kappa shape index (κ3) is 2.02. The molecule has 0 unspecified atom stereocenters. The van der Waals surface area contributed by atoms with Crippen molar-refractivity contribution in [2.45, 2.75) is 6.54 Å². The molecule has 5 heteroatoms. The number of hydrogen-bond acceptors (Lipinski definition) is 3. The van der Waals surface area contributed by atoms with Gasteiger partial charge in [0, 0.05) is 6.20 Å². The Bertz CT molecular complexity index is 339. The number of anilines is 1. The molecule has 68 valence electrons. The molecule has 1 aromatic rings. The average Bonchev–Trinajstić information content (AvgIpc) is 2.13. The van der Waals surface area contributed by atoms with E-state index in [0.717, 1.165) is 0 Å². The molecule has 1 aromatic heterocycles. The predicted octanol–water partition coefficient (Wildman–Crippen LogP) is -0.385. The van der Waals surface area contributed by atoms with Crippen molar-refractivity contribution in [2.75, 3.05) is 5.32 Å². The third-order valence-electron chi connectivity index (χ3n) is 1.51. The van der Waals surface area contributed by atoms with Gasteiger partial charge >= 0.3 is 0 Å². The minimum absolute atomic E-state index is 0.00674. The monoisotopic (exact) mass is 180 g/mol. The molecule has 0 aromatic carbocycles. The van der Waals surface area contributed by atoms with Gasteiger partial charge in [0.05, 0.1) is 6.54 Å². The molecule has 1 amide bonds. The lowest BCUT2D eigenvalue weighted by molar-refractivity contribution is -0.108. The molecule has 0 saturated carbocycles. The van der Waals surface area contributed by atoms with E-state index in [9.17, 15) is 14.4 Å². The quantitative estimate of drug-likeness (QED) is 0.642. The molecule has 1 heterocycles. The number of nitrogens with one attached hydrogen (secondary N) is 1. The lowest BCUT2D eigenvalue weighted by Crippen LogP contribution is -2.22. The van der Waals surface area contributed by atoms with Crippen molar-refractivity contribution in [2.24, 2.45) is 0 Å². The van der Waals surface area contributed by atoms with Crippen molar-refractivity contribution in [3.05, 3.63) is 28.7 Å². The molecule has 0 aliphatic rings. The summed E-state index contributed by atoms with van der Waals surface area (Å²) in [5, 5.41) is 2.24. The summed E-state index contributed by atoms with van der Waals surface area (Å²) < 4.78 is 1.21. The molecule has 0 aliphatic heterocycles. The second kappa shape index (κ2) is 4.20. The van der Waals surface area contributed by atoms with Crippen LogP contribution in [0.4, 0.5) is 5.69 Å². The molecule has 0 aliphatic carbocycles. The molecular weight excluding hydrogens is 172 g/mol. The standard InChI is InChI=1S/C8H8N2O3/c11-5-4-10-3-1-2-7(8(10)13)9-6-12/h1-3,5-6H,4H2,(H,9,12). The molecule has 0 radical (unpaired) electrons. The van der Waals surface area contributed by atoms with Gasteiger partial charge in [-0.3, -0.25) is 9.59 Å². The highest BCUT2D eigenvalue weighted by Gasteiger charge is 2.00. The van der Waals surface area contributed by atoms with Crippen molar-refractivity contribution >= 4 is 18.4 Å². The molecule has 5 nitrogen and oxygen atoms in total. The number of carbonyl (C=O) groups excluding carboxylic acids is 2. The first-order valence-electron chi connectivity index (χ1n) is 3.63. The second-order valence-corrected chi connectivity index (χ2v) is 2.31. The molecule has 0 bridgehead atoms. The van der Waals surface area contributed by atoms with Crippen LogP contribution in [0.2, 0.25) is 0 Å². The summed E-state index contributed by atoms with van der Waals surface area (Å²) in [5.41, 5.74) is -0.221. The van der Waals surface area contributed by atoms with Gasteiger partial charge in [0.15, 0.2) is 0 Å². The Hall–Kier alpha value is -1.91. The lowest BCUT2D eigenvalue weighted by Gasteiger charge is -2.02. The highest BCUT2D eigenvalue weighted by molar-refractivity contribution is 5.70. The first kappa shape index (κ1) is 9.18. The lowest BCUT2D eigenvalue weighted by atomic mass is 10.4. The van der Waals surface area contributed by atoms with Crippen molar-refractivity contribution in [1.82, 2.24) is 4.57 Å². The van der Waals surface area contributed by atoms with Crippen LogP contribution in [0.15, 0.2) is 23.1 Å². The summed E-state index contributed by atoms with van der Waals surface area (Å²) in [7, 11) is 0. The maximum absolute atomic E-state index is 11.3. The minimum atomic E-state index is -0.387. The average molecular weight is 180 g/mol. The fraction of sp³-hybridized carbons (Fsp3) is 0.125. The Morgan fingerprint density at radius 1 is 1.46 bits per heavy atom. The Morgan fingerprint density at radius 2 is 2.23 bits per heavy atom. The van der Waals surface area contributed by atoms with Crippen molar-refractivity contribution in [3.8, 4) is 0 Å². The Labute approximate surface area is 74.0 Å². The zero-order chi connectivity index (χ0) is 9.68. The van der Waals surface area contributed by atoms with Gasteiger partial charge in [0.25, 0.3) is 5.56 Å². The van der Waals surface area contributed by atoms with Gasteiger partial charge in [-0.15, -0.1) is 0 Å². The summed E-state index contributed by atoms with van der Waals surface area (Å²) in [6, 6.07) is 3.05. The zero-order valence-corrected chi connectivity index (χ0v) is 6.77. The van der Waals surface area contributed by atoms with Crippen LogP contribution in [0, 0.1) is 0 Å². The van der Waals surface area contributed by atoms with Crippen LogP contribution in [0.1, 0.15) is 0 Å². The largest absolute Gasteiger partial charge is 0.324 e. The number of aldehydes is 1. The Balaban J connectivity index is 3.10. The van der Waals surface area contributed by atoms with E-state index in [0.29, 0.717) is 12.7 Å². The number of amides is 1. The van der Waals surface area contributed by atoms with Crippen LogP contribution >= 0.6 is 0 Å². The van der Waals surface area contributed by atoms with E-state index in [1.165, 1.54) is 16.8 Å². The van der Waals surface area contributed by atoms with E-state index in [-0.39, 0.29) is 17.8 Å².